The molecule has 14 heavy (non-hydrogen) atoms. The van der Waals surface area contributed by atoms with E-state index in [9.17, 15) is 0 Å². The number of methoxy groups -OCH3 is 1. The highest BCUT2D eigenvalue weighted by atomic mass is 16.5. The van der Waals surface area contributed by atoms with Crippen molar-refractivity contribution in [2.75, 3.05) is 12.8 Å². The SMILES string of the molecule is COc1ccc(-c2ncc(N)[nH]2)cc1. The number of nitrogens with zero attached hydrogens (tertiary/aromatic N) is 1. The molecule has 1 aromatic heterocycles. The van der Waals surface area contributed by atoms with Gasteiger partial charge in [0.25, 0.3) is 0 Å². The molecule has 0 unspecified atom stereocenters. The second-order valence-corrected chi connectivity index (χ2v) is 2.92. The molecule has 2 aromatic rings. The monoisotopic (exact) mass is 189 g/mol. The minimum absolute atomic E-state index is 0.566. The number of nitrogens with two attached hydrogens (primary N) is 1. The van der Waals surface area contributed by atoms with Crippen LogP contribution in [0.3, 0.4) is 0 Å². The van der Waals surface area contributed by atoms with Gasteiger partial charge in [-0.05, 0) is 24.3 Å². The molecule has 0 fully saturated rings. The van der Waals surface area contributed by atoms with Crippen molar-refractivity contribution in [3.63, 3.8) is 0 Å². The van der Waals surface area contributed by atoms with Crippen molar-refractivity contribution in [2.24, 2.45) is 0 Å². The van der Waals surface area contributed by atoms with E-state index in [2.05, 4.69) is 9.97 Å². The molecule has 0 aliphatic rings. The summed E-state index contributed by atoms with van der Waals surface area (Å²) >= 11 is 0. The third kappa shape index (κ3) is 1.54. The van der Waals surface area contributed by atoms with Crippen molar-refractivity contribution in [1.82, 2.24) is 9.97 Å². The molecule has 0 aliphatic carbocycles. The molecule has 2 rings (SSSR count). The van der Waals surface area contributed by atoms with Gasteiger partial charge in [-0.3, -0.25) is 0 Å². The second kappa shape index (κ2) is 3.41. The molecule has 0 saturated carbocycles. The molecule has 0 atom stereocenters. The molecular weight excluding hydrogens is 178 g/mol. The number of ether oxygens (including phenoxy) is 1. The van der Waals surface area contributed by atoms with Gasteiger partial charge in [-0.1, -0.05) is 0 Å². The minimum atomic E-state index is 0.566. The van der Waals surface area contributed by atoms with E-state index in [1.807, 2.05) is 24.3 Å². The minimum Gasteiger partial charge on any atom is -0.497 e. The van der Waals surface area contributed by atoms with Crippen molar-refractivity contribution in [3.8, 4) is 17.1 Å². The van der Waals surface area contributed by atoms with Crippen LogP contribution in [0.2, 0.25) is 0 Å². The quantitative estimate of drug-likeness (QED) is 0.755. The summed E-state index contributed by atoms with van der Waals surface area (Å²) in [6.45, 7) is 0. The molecule has 4 heteroatoms. The van der Waals surface area contributed by atoms with E-state index in [1.165, 1.54) is 0 Å². The Morgan fingerprint density at radius 3 is 2.50 bits per heavy atom. The van der Waals surface area contributed by atoms with Gasteiger partial charge < -0.3 is 15.5 Å². The van der Waals surface area contributed by atoms with E-state index >= 15 is 0 Å². The maximum Gasteiger partial charge on any atom is 0.138 e. The Kier molecular flexibility index (Phi) is 2.10. The Hall–Kier alpha value is -1.97. The summed E-state index contributed by atoms with van der Waals surface area (Å²) in [7, 11) is 1.64. The lowest BCUT2D eigenvalue weighted by atomic mass is 10.2. The van der Waals surface area contributed by atoms with Crippen LogP contribution in [-0.4, -0.2) is 17.1 Å². The molecule has 0 radical (unpaired) electrons. The first-order chi connectivity index (χ1) is 6.79. The number of aromatic amines is 1. The van der Waals surface area contributed by atoms with Crippen LogP contribution in [0.25, 0.3) is 11.4 Å². The highest BCUT2D eigenvalue weighted by molar-refractivity contribution is 5.58. The first-order valence-corrected chi connectivity index (χ1v) is 4.24. The fourth-order valence-electron chi connectivity index (χ4n) is 1.23. The number of nitrogen functional groups attached to an aromatic ring is 1. The molecule has 0 spiro atoms. The van der Waals surface area contributed by atoms with Crippen molar-refractivity contribution in [1.29, 1.82) is 0 Å². The van der Waals surface area contributed by atoms with Crippen LogP contribution in [0.15, 0.2) is 30.5 Å². The zero-order valence-corrected chi connectivity index (χ0v) is 7.82. The van der Waals surface area contributed by atoms with E-state index < -0.39 is 0 Å². The van der Waals surface area contributed by atoms with E-state index in [0.29, 0.717) is 5.82 Å². The number of rotatable bonds is 2. The number of H-pyrrole nitrogens is 1. The van der Waals surface area contributed by atoms with Gasteiger partial charge in [-0.2, -0.15) is 0 Å². The van der Waals surface area contributed by atoms with Crippen LogP contribution in [0.5, 0.6) is 5.75 Å². The summed E-state index contributed by atoms with van der Waals surface area (Å²) in [5.74, 6) is 2.16. The van der Waals surface area contributed by atoms with Crippen LogP contribution in [0, 0.1) is 0 Å². The summed E-state index contributed by atoms with van der Waals surface area (Å²) in [5, 5.41) is 0. The fraction of sp³-hybridized carbons (Fsp3) is 0.100. The zero-order chi connectivity index (χ0) is 9.97. The van der Waals surface area contributed by atoms with E-state index in [0.717, 1.165) is 17.1 Å². The molecule has 0 aliphatic heterocycles. The molecule has 72 valence electrons. The molecule has 1 aromatic carbocycles. The molecule has 4 nitrogen and oxygen atoms in total. The number of benzene rings is 1. The highest BCUT2D eigenvalue weighted by Crippen LogP contribution is 2.19. The maximum absolute atomic E-state index is 5.53. The first-order valence-electron chi connectivity index (χ1n) is 4.24. The van der Waals surface area contributed by atoms with Crippen molar-refractivity contribution >= 4 is 5.82 Å². The average Bonchev–Trinajstić information content (AvgIpc) is 2.65. The van der Waals surface area contributed by atoms with Gasteiger partial charge in [0.05, 0.1) is 13.3 Å². The summed E-state index contributed by atoms with van der Waals surface area (Å²) in [6.07, 6.45) is 1.60. The summed E-state index contributed by atoms with van der Waals surface area (Å²) in [6, 6.07) is 7.62. The Morgan fingerprint density at radius 2 is 2.00 bits per heavy atom. The Morgan fingerprint density at radius 1 is 1.29 bits per heavy atom. The number of anilines is 1. The molecule has 1 heterocycles. The van der Waals surface area contributed by atoms with E-state index in [1.54, 1.807) is 13.3 Å². The number of hydrogen-bond acceptors (Lipinski definition) is 3. The topological polar surface area (TPSA) is 63.9 Å². The molecule has 3 N–H and O–H groups in total. The smallest absolute Gasteiger partial charge is 0.138 e. The number of nitrogens with one attached hydrogen (secondary N) is 1. The van der Waals surface area contributed by atoms with Crippen molar-refractivity contribution in [2.45, 2.75) is 0 Å². The number of hydrogen-bond donors (Lipinski definition) is 2. The van der Waals surface area contributed by atoms with Gasteiger partial charge in [0, 0.05) is 5.56 Å². The summed E-state index contributed by atoms with van der Waals surface area (Å²) in [5.41, 5.74) is 6.52. The molecule has 0 bridgehead atoms. The molecular formula is C10H11N3O. The zero-order valence-electron chi connectivity index (χ0n) is 7.82. The second-order valence-electron chi connectivity index (χ2n) is 2.92. The van der Waals surface area contributed by atoms with Gasteiger partial charge >= 0.3 is 0 Å². The lowest BCUT2D eigenvalue weighted by molar-refractivity contribution is 0.415. The molecule has 0 amide bonds. The van der Waals surface area contributed by atoms with Crippen LogP contribution < -0.4 is 10.5 Å². The average molecular weight is 189 g/mol. The Bertz CT molecular complexity index is 419. The normalized spacial score (nSPS) is 10.1. The maximum atomic E-state index is 5.53. The van der Waals surface area contributed by atoms with Crippen LogP contribution >= 0.6 is 0 Å². The van der Waals surface area contributed by atoms with Crippen LogP contribution in [-0.2, 0) is 0 Å². The van der Waals surface area contributed by atoms with Crippen LogP contribution in [0.4, 0.5) is 5.82 Å². The Balaban J connectivity index is 2.33. The predicted molar refractivity (Wildman–Crippen MR) is 55.0 cm³/mol. The Labute approximate surface area is 81.7 Å². The van der Waals surface area contributed by atoms with Gasteiger partial charge in [0.15, 0.2) is 0 Å². The van der Waals surface area contributed by atoms with Gasteiger partial charge in [-0.15, -0.1) is 0 Å². The molecule has 0 saturated heterocycles. The lowest BCUT2D eigenvalue weighted by Gasteiger charge is -2.00. The third-order valence-corrected chi connectivity index (χ3v) is 1.96. The van der Waals surface area contributed by atoms with Crippen molar-refractivity contribution in [3.05, 3.63) is 30.5 Å². The largest absolute Gasteiger partial charge is 0.497 e. The van der Waals surface area contributed by atoms with Gasteiger partial charge in [-0.25, -0.2) is 4.98 Å². The van der Waals surface area contributed by atoms with E-state index in [-0.39, 0.29) is 0 Å². The van der Waals surface area contributed by atoms with E-state index in [4.69, 9.17) is 10.5 Å². The fourth-order valence-corrected chi connectivity index (χ4v) is 1.23. The first kappa shape index (κ1) is 8.62. The van der Waals surface area contributed by atoms with Gasteiger partial charge in [0.1, 0.15) is 17.4 Å². The highest BCUT2D eigenvalue weighted by Gasteiger charge is 2.01. The number of imidazole rings is 1. The van der Waals surface area contributed by atoms with Crippen LogP contribution in [0.1, 0.15) is 0 Å². The summed E-state index contributed by atoms with van der Waals surface area (Å²) in [4.78, 5) is 7.08. The number of aromatic nitrogens is 2. The standard InChI is InChI=1S/C10H11N3O/c1-14-8-4-2-7(3-5-8)10-12-6-9(11)13-10/h2-6H,11H2,1H3,(H,12,13). The predicted octanol–water partition coefficient (Wildman–Crippen LogP) is 1.67. The van der Waals surface area contributed by atoms with Gasteiger partial charge in [0.2, 0.25) is 0 Å². The lowest BCUT2D eigenvalue weighted by Crippen LogP contribution is -1.85. The third-order valence-electron chi connectivity index (χ3n) is 1.96. The summed E-state index contributed by atoms with van der Waals surface area (Å²) < 4.78 is 5.05. The van der Waals surface area contributed by atoms with Crippen molar-refractivity contribution < 1.29 is 4.74 Å².